The molecule has 0 aromatic carbocycles. The van der Waals surface area contributed by atoms with Crippen LogP contribution in [0.15, 0.2) is 12.7 Å². The third kappa shape index (κ3) is 20.2. The summed E-state index contributed by atoms with van der Waals surface area (Å²) in [7, 11) is -5.00. The molecule has 0 amide bonds. The van der Waals surface area contributed by atoms with Crippen molar-refractivity contribution in [2.24, 2.45) is 0 Å². The molecule has 0 aromatic rings. The van der Waals surface area contributed by atoms with Crippen molar-refractivity contribution in [3.8, 4) is 0 Å². The molecule has 7 nitrogen and oxygen atoms in total. The summed E-state index contributed by atoms with van der Waals surface area (Å²) >= 11 is 0. The van der Waals surface area contributed by atoms with Crippen molar-refractivity contribution in [1.82, 2.24) is 0 Å². The second kappa shape index (κ2) is 22.4. The molecule has 9 heteroatoms. The van der Waals surface area contributed by atoms with E-state index in [9.17, 15) is 22.6 Å². The minimum atomic E-state index is -5.00. The van der Waals surface area contributed by atoms with E-state index in [0.717, 1.165) is 19.3 Å². The van der Waals surface area contributed by atoms with E-state index < -0.39 is 33.7 Å². The number of hydrogen-bond donors (Lipinski definition) is 0. The Hall–Kier alpha value is -0.410. The molecule has 0 spiro atoms. The standard InChI is InChI=1S/C23H42O7S.Na/c1-3-5-7-8-9-10-11-12-13-14-15-16-17-19-30-23(25)21(31(26,27)28)20-22(24)29-18-6-4-2;/h4,21H,2-3,5-20H2,1H3,(H,26,27,28);/q;+1/p-1. The Morgan fingerprint density at radius 2 is 1.31 bits per heavy atom. The second-order valence-electron chi connectivity index (χ2n) is 7.89. The van der Waals surface area contributed by atoms with Gasteiger partial charge in [0.25, 0.3) is 0 Å². The quantitative estimate of drug-likeness (QED) is 0.0806. The van der Waals surface area contributed by atoms with E-state index in [2.05, 4.69) is 13.5 Å². The molecule has 182 valence electrons. The van der Waals surface area contributed by atoms with Gasteiger partial charge in [0.05, 0.1) is 19.6 Å². The van der Waals surface area contributed by atoms with Crippen LogP contribution in [-0.4, -0.2) is 43.4 Å². The van der Waals surface area contributed by atoms with Crippen LogP contribution in [0.4, 0.5) is 0 Å². The van der Waals surface area contributed by atoms with Crippen molar-refractivity contribution in [3.63, 3.8) is 0 Å². The normalized spacial score (nSPS) is 11.9. The maximum Gasteiger partial charge on any atom is 1.00 e. The predicted octanol–water partition coefficient (Wildman–Crippen LogP) is 2.05. The molecule has 0 rings (SSSR count). The summed E-state index contributed by atoms with van der Waals surface area (Å²) in [5.41, 5.74) is 0. The molecule has 0 radical (unpaired) electrons. The fraction of sp³-hybridized carbons (Fsp3) is 0.826. The molecule has 0 aliphatic rings. The first-order valence-electron chi connectivity index (χ1n) is 11.7. The van der Waals surface area contributed by atoms with E-state index in [0.29, 0.717) is 12.8 Å². The van der Waals surface area contributed by atoms with Gasteiger partial charge in [-0.15, -0.1) is 6.58 Å². The van der Waals surface area contributed by atoms with E-state index in [1.165, 1.54) is 63.9 Å². The predicted molar refractivity (Wildman–Crippen MR) is 121 cm³/mol. The van der Waals surface area contributed by atoms with Crippen LogP contribution in [0.25, 0.3) is 0 Å². The molecule has 1 unspecified atom stereocenters. The molecule has 0 saturated carbocycles. The Morgan fingerprint density at radius 3 is 1.75 bits per heavy atom. The number of carbonyl (C=O) groups excluding carboxylic acids is 2. The summed E-state index contributed by atoms with van der Waals surface area (Å²) in [5.74, 6) is -2.11. The van der Waals surface area contributed by atoms with Crippen LogP contribution < -0.4 is 29.6 Å². The molecular formula is C23H41NaO7S. The van der Waals surface area contributed by atoms with Crippen molar-refractivity contribution in [2.45, 2.75) is 108 Å². The van der Waals surface area contributed by atoms with E-state index in [4.69, 9.17) is 9.47 Å². The first-order chi connectivity index (χ1) is 14.8. The van der Waals surface area contributed by atoms with Crippen molar-refractivity contribution in [1.29, 1.82) is 0 Å². The largest absolute Gasteiger partial charge is 1.00 e. The maximum absolute atomic E-state index is 11.9. The van der Waals surface area contributed by atoms with E-state index in [-0.39, 0.29) is 42.8 Å². The zero-order valence-corrected chi connectivity index (χ0v) is 23.0. The molecule has 32 heavy (non-hydrogen) atoms. The van der Waals surface area contributed by atoms with Gasteiger partial charge in [-0.05, 0) is 12.8 Å². The average molecular weight is 485 g/mol. The first kappa shape index (κ1) is 33.8. The average Bonchev–Trinajstić information content (AvgIpc) is 2.71. The monoisotopic (exact) mass is 484 g/mol. The van der Waals surface area contributed by atoms with Crippen LogP contribution in [0.3, 0.4) is 0 Å². The van der Waals surface area contributed by atoms with Gasteiger partial charge in [0, 0.05) is 0 Å². The summed E-state index contributed by atoms with van der Waals surface area (Å²) in [5, 5.41) is -2.06. The molecule has 0 aliphatic carbocycles. The Bertz CT molecular complexity index is 593. The Kier molecular flexibility index (Phi) is 23.6. The first-order valence-corrected chi connectivity index (χ1v) is 13.2. The number of esters is 2. The summed E-state index contributed by atoms with van der Waals surface area (Å²) in [6, 6.07) is 0. The molecular weight excluding hydrogens is 443 g/mol. The van der Waals surface area contributed by atoms with Gasteiger partial charge in [-0.1, -0.05) is 90.0 Å². The van der Waals surface area contributed by atoms with Gasteiger partial charge in [0.2, 0.25) is 0 Å². The second-order valence-corrected chi connectivity index (χ2v) is 9.45. The minimum absolute atomic E-state index is 0. The molecule has 0 heterocycles. The Labute approximate surface area is 217 Å². The Balaban J connectivity index is 0. The molecule has 0 aliphatic heterocycles. The van der Waals surface area contributed by atoms with Gasteiger partial charge >= 0.3 is 41.5 Å². The van der Waals surface area contributed by atoms with Gasteiger partial charge in [-0.25, -0.2) is 8.42 Å². The molecule has 0 bridgehead atoms. The zero-order chi connectivity index (χ0) is 23.4. The van der Waals surface area contributed by atoms with Crippen LogP contribution in [0, 0.1) is 0 Å². The number of carbonyl (C=O) groups is 2. The van der Waals surface area contributed by atoms with Crippen molar-refractivity contribution in [3.05, 3.63) is 12.7 Å². The molecule has 0 saturated heterocycles. The number of rotatable bonds is 21. The van der Waals surface area contributed by atoms with Crippen molar-refractivity contribution < 1.29 is 61.6 Å². The number of hydrogen-bond acceptors (Lipinski definition) is 7. The number of ether oxygens (including phenoxy) is 2. The zero-order valence-electron chi connectivity index (χ0n) is 20.1. The van der Waals surface area contributed by atoms with Gasteiger partial charge in [-0.3, -0.25) is 9.59 Å². The third-order valence-corrected chi connectivity index (χ3v) is 6.10. The third-order valence-electron chi connectivity index (χ3n) is 5.04. The maximum atomic E-state index is 11.9. The van der Waals surface area contributed by atoms with Gasteiger partial charge in [-0.2, -0.15) is 0 Å². The van der Waals surface area contributed by atoms with Crippen molar-refractivity contribution in [2.75, 3.05) is 13.2 Å². The topological polar surface area (TPSA) is 110 Å². The van der Waals surface area contributed by atoms with Gasteiger partial charge in [0.15, 0.2) is 5.25 Å². The van der Waals surface area contributed by atoms with Crippen LogP contribution in [0.2, 0.25) is 0 Å². The Morgan fingerprint density at radius 1 is 0.844 bits per heavy atom. The molecule has 0 fully saturated rings. The summed E-state index contributed by atoms with van der Waals surface area (Å²) in [6.45, 7) is 5.74. The molecule has 0 aromatic heterocycles. The van der Waals surface area contributed by atoms with E-state index in [1.807, 2.05) is 0 Å². The summed E-state index contributed by atoms with van der Waals surface area (Å²) < 4.78 is 43.6. The minimum Gasteiger partial charge on any atom is -0.747 e. The summed E-state index contributed by atoms with van der Waals surface area (Å²) in [6.07, 6.45) is 16.4. The van der Waals surface area contributed by atoms with Crippen LogP contribution >= 0.6 is 0 Å². The molecule has 1 atom stereocenters. The van der Waals surface area contributed by atoms with Crippen LogP contribution in [0.5, 0.6) is 0 Å². The fourth-order valence-electron chi connectivity index (χ4n) is 3.16. The smallest absolute Gasteiger partial charge is 0.747 e. The SMILES string of the molecule is C=CCCOC(=O)CC(C(=O)OCCCCCCCCCCCCCCC)S(=O)(=O)[O-].[Na+]. The summed E-state index contributed by atoms with van der Waals surface area (Å²) in [4.78, 5) is 23.6. The fourth-order valence-corrected chi connectivity index (χ4v) is 3.80. The van der Waals surface area contributed by atoms with E-state index in [1.54, 1.807) is 0 Å². The van der Waals surface area contributed by atoms with Gasteiger partial charge < -0.3 is 14.0 Å². The number of unbranched alkanes of at least 4 members (excludes halogenated alkanes) is 12. The van der Waals surface area contributed by atoms with Crippen molar-refractivity contribution >= 4 is 22.1 Å². The van der Waals surface area contributed by atoms with Gasteiger partial charge in [0.1, 0.15) is 10.1 Å². The van der Waals surface area contributed by atoms with E-state index >= 15 is 0 Å². The van der Waals surface area contributed by atoms with Crippen LogP contribution in [-0.2, 0) is 29.2 Å². The van der Waals surface area contributed by atoms with Crippen LogP contribution in [0.1, 0.15) is 103 Å². The molecule has 0 N–H and O–H groups in total.